The zero-order valence-corrected chi connectivity index (χ0v) is 8.44. The maximum absolute atomic E-state index is 13.1. The van der Waals surface area contributed by atoms with Gasteiger partial charge in [0.15, 0.2) is 17.7 Å². The predicted molar refractivity (Wildman–Crippen MR) is 53.4 cm³/mol. The van der Waals surface area contributed by atoms with Crippen LogP contribution in [0.4, 0.5) is 4.39 Å². The van der Waals surface area contributed by atoms with Crippen LogP contribution < -0.4 is 4.74 Å². The highest BCUT2D eigenvalue weighted by molar-refractivity contribution is 5.72. The Balaban J connectivity index is 2.74. The Morgan fingerprint density at radius 2 is 2.20 bits per heavy atom. The summed E-state index contributed by atoms with van der Waals surface area (Å²) in [6.07, 6.45) is 0.0571. The van der Waals surface area contributed by atoms with E-state index in [9.17, 15) is 9.18 Å². The molecule has 0 saturated carbocycles. The van der Waals surface area contributed by atoms with Gasteiger partial charge in [0.2, 0.25) is 0 Å². The van der Waals surface area contributed by atoms with Crippen LogP contribution >= 0.6 is 0 Å². The molecule has 1 rings (SSSR count). The minimum atomic E-state index is -1.07. The van der Waals surface area contributed by atoms with Gasteiger partial charge in [0.25, 0.3) is 0 Å². The van der Waals surface area contributed by atoms with E-state index in [1.54, 1.807) is 6.07 Å². The third kappa shape index (κ3) is 3.23. The summed E-state index contributed by atoms with van der Waals surface area (Å²) in [6.45, 7) is 1.85. The van der Waals surface area contributed by atoms with Crippen molar-refractivity contribution < 1.29 is 19.0 Å². The van der Waals surface area contributed by atoms with Crippen molar-refractivity contribution in [1.82, 2.24) is 0 Å². The summed E-state index contributed by atoms with van der Waals surface area (Å²) in [6, 6.07) is 5.78. The first kappa shape index (κ1) is 11.5. The van der Waals surface area contributed by atoms with E-state index in [0.29, 0.717) is 12.8 Å². The van der Waals surface area contributed by atoms with Gasteiger partial charge in [0, 0.05) is 0 Å². The second kappa shape index (κ2) is 5.34. The van der Waals surface area contributed by atoms with Crippen molar-refractivity contribution in [2.24, 2.45) is 0 Å². The van der Waals surface area contributed by atoms with E-state index >= 15 is 0 Å². The first-order valence-electron chi connectivity index (χ1n) is 4.79. The Morgan fingerprint density at radius 1 is 1.53 bits per heavy atom. The van der Waals surface area contributed by atoms with Crippen molar-refractivity contribution >= 4 is 5.97 Å². The quantitative estimate of drug-likeness (QED) is 0.815. The van der Waals surface area contributed by atoms with E-state index in [4.69, 9.17) is 9.84 Å². The Morgan fingerprint density at radius 3 is 2.73 bits per heavy atom. The van der Waals surface area contributed by atoms with Gasteiger partial charge in [-0.2, -0.15) is 0 Å². The maximum atomic E-state index is 13.1. The van der Waals surface area contributed by atoms with Crippen LogP contribution in [-0.4, -0.2) is 17.2 Å². The number of aliphatic carboxylic acids is 1. The molecule has 0 heterocycles. The molecule has 0 fully saturated rings. The minimum Gasteiger partial charge on any atom is -0.479 e. The van der Waals surface area contributed by atoms with Crippen LogP contribution in [0, 0.1) is 5.82 Å². The highest BCUT2D eigenvalue weighted by atomic mass is 19.1. The fourth-order valence-corrected chi connectivity index (χ4v) is 1.19. The van der Waals surface area contributed by atoms with E-state index in [1.807, 2.05) is 6.92 Å². The molecule has 1 N–H and O–H groups in total. The third-order valence-electron chi connectivity index (χ3n) is 1.93. The summed E-state index contributed by atoms with van der Waals surface area (Å²) in [5, 5.41) is 8.81. The van der Waals surface area contributed by atoms with Crippen LogP contribution in [-0.2, 0) is 4.79 Å². The average Bonchev–Trinajstić information content (AvgIpc) is 2.20. The molecule has 1 atom stereocenters. The molecular weight excluding hydrogens is 199 g/mol. The van der Waals surface area contributed by atoms with Gasteiger partial charge in [-0.25, -0.2) is 9.18 Å². The molecule has 0 aliphatic carbocycles. The summed E-state index contributed by atoms with van der Waals surface area (Å²) in [7, 11) is 0. The van der Waals surface area contributed by atoms with Gasteiger partial charge in [-0.3, -0.25) is 0 Å². The van der Waals surface area contributed by atoms with Crippen LogP contribution in [0.15, 0.2) is 24.3 Å². The number of para-hydroxylation sites is 1. The molecule has 82 valence electrons. The van der Waals surface area contributed by atoms with E-state index < -0.39 is 17.9 Å². The standard InChI is InChI=1S/C11H13FO3/c1-2-5-10(11(13)14)15-9-7-4-3-6-8(9)12/h3-4,6-7,10H,2,5H2,1H3,(H,13,14)/t10-/m0/s1. The maximum Gasteiger partial charge on any atom is 0.344 e. The summed E-state index contributed by atoms with van der Waals surface area (Å²) >= 11 is 0. The average molecular weight is 212 g/mol. The lowest BCUT2D eigenvalue weighted by Crippen LogP contribution is -2.27. The molecule has 0 aromatic heterocycles. The van der Waals surface area contributed by atoms with E-state index in [2.05, 4.69) is 0 Å². The molecule has 1 aromatic rings. The van der Waals surface area contributed by atoms with Crippen molar-refractivity contribution in [3.8, 4) is 5.75 Å². The highest BCUT2D eigenvalue weighted by Crippen LogP contribution is 2.18. The second-order valence-corrected chi connectivity index (χ2v) is 3.16. The number of carboxylic acids is 1. The molecule has 0 unspecified atom stereocenters. The largest absolute Gasteiger partial charge is 0.479 e. The number of benzene rings is 1. The first-order chi connectivity index (χ1) is 7.15. The van der Waals surface area contributed by atoms with Gasteiger partial charge in [-0.05, 0) is 18.6 Å². The van der Waals surface area contributed by atoms with Crippen LogP contribution in [0.25, 0.3) is 0 Å². The lowest BCUT2D eigenvalue weighted by atomic mass is 10.2. The Labute approximate surface area is 87.5 Å². The van der Waals surface area contributed by atoms with Gasteiger partial charge in [-0.1, -0.05) is 25.5 Å². The SMILES string of the molecule is CCC[C@H](Oc1ccccc1F)C(=O)O. The fourth-order valence-electron chi connectivity index (χ4n) is 1.19. The summed E-state index contributed by atoms with van der Waals surface area (Å²) in [4.78, 5) is 10.8. The van der Waals surface area contributed by atoms with Crippen molar-refractivity contribution in [3.63, 3.8) is 0 Å². The van der Waals surface area contributed by atoms with Crippen molar-refractivity contribution in [3.05, 3.63) is 30.1 Å². The first-order valence-corrected chi connectivity index (χ1v) is 4.79. The number of carbonyl (C=O) groups is 1. The predicted octanol–water partition coefficient (Wildman–Crippen LogP) is 2.46. The topological polar surface area (TPSA) is 46.5 Å². The number of hydrogen-bond acceptors (Lipinski definition) is 2. The number of carboxylic acid groups (broad SMARTS) is 1. The molecule has 15 heavy (non-hydrogen) atoms. The van der Waals surface area contributed by atoms with Gasteiger partial charge >= 0.3 is 5.97 Å². The number of rotatable bonds is 5. The van der Waals surface area contributed by atoms with Crippen LogP contribution in [0.2, 0.25) is 0 Å². The third-order valence-corrected chi connectivity index (χ3v) is 1.93. The monoisotopic (exact) mass is 212 g/mol. The molecule has 0 aliphatic rings. The number of hydrogen-bond donors (Lipinski definition) is 1. The zero-order chi connectivity index (χ0) is 11.3. The number of ether oxygens (including phenoxy) is 1. The molecule has 3 nitrogen and oxygen atoms in total. The second-order valence-electron chi connectivity index (χ2n) is 3.16. The fraction of sp³-hybridized carbons (Fsp3) is 0.364. The Kier molecular flexibility index (Phi) is 4.09. The van der Waals surface area contributed by atoms with E-state index in [-0.39, 0.29) is 5.75 Å². The van der Waals surface area contributed by atoms with E-state index in [1.165, 1.54) is 18.2 Å². The van der Waals surface area contributed by atoms with Crippen molar-refractivity contribution in [2.75, 3.05) is 0 Å². The smallest absolute Gasteiger partial charge is 0.344 e. The molecule has 0 spiro atoms. The summed E-state index contributed by atoms with van der Waals surface area (Å²) in [5.41, 5.74) is 0. The highest BCUT2D eigenvalue weighted by Gasteiger charge is 2.19. The molecule has 4 heteroatoms. The lowest BCUT2D eigenvalue weighted by Gasteiger charge is -2.14. The minimum absolute atomic E-state index is 0.0154. The molecule has 0 amide bonds. The number of halogens is 1. The zero-order valence-electron chi connectivity index (χ0n) is 8.44. The van der Waals surface area contributed by atoms with Gasteiger partial charge in [0.05, 0.1) is 0 Å². The Hall–Kier alpha value is -1.58. The molecule has 0 aliphatic heterocycles. The van der Waals surface area contributed by atoms with Gasteiger partial charge in [0.1, 0.15) is 0 Å². The summed E-state index contributed by atoms with van der Waals surface area (Å²) in [5.74, 6) is -1.63. The molecule has 1 aromatic carbocycles. The molecule has 0 radical (unpaired) electrons. The van der Waals surface area contributed by atoms with Gasteiger partial charge in [-0.15, -0.1) is 0 Å². The molecular formula is C11H13FO3. The van der Waals surface area contributed by atoms with Crippen molar-refractivity contribution in [2.45, 2.75) is 25.9 Å². The summed E-state index contributed by atoms with van der Waals surface area (Å²) < 4.78 is 18.2. The normalized spacial score (nSPS) is 12.1. The van der Waals surface area contributed by atoms with Gasteiger partial charge < -0.3 is 9.84 Å². The van der Waals surface area contributed by atoms with Crippen molar-refractivity contribution in [1.29, 1.82) is 0 Å². The Bertz CT molecular complexity index is 338. The van der Waals surface area contributed by atoms with Crippen LogP contribution in [0.1, 0.15) is 19.8 Å². The van der Waals surface area contributed by atoms with Crippen LogP contribution in [0.3, 0.4) is 0 Å². The van der Waals surface area contributed by atoms with E-state index in [0.717, 1.165) is 0 Å². The molecule has 0 bridgehead atoms. The molecule has 0 saturated heterocycles. The van der Waals surface area contributed by atoms with Crippen LogP contribution in [0.5, 0.6) is 5.75 Å². The lowest BCUT2D eigenvalue weighted by molar-refractivity contribution is -0.145.